The van der Waals surface area contributed by atoms with Crippen LogP contribution in [-0.2, 0) is 6.42 Å². The van der Waals surface area contributed by atoms with E-state index in [4.69, 9.17) is 0 Å². The predicted molar refractivity (Wildman–Crippen MR) is 67.5 cm³/mol. The Morgan fingerprint density at radius 1 is 1.53 bits per heavy atom. The van der Waals surface area contributed by atoms with Gasteiger partial charge in [0.15, 0.2) is 0 Å². The van der Waals surface area contributed by atoms with Gasteiger partial charge in [-0.05, 0) is 33.2 Å². The number of hydrogen-bond donors (Lipinski definition) is 1. The summed E-state index contributed by atoms with van der Waals surface area (Å²) in [7, 11) is 0. The molecular formula is C12H22N2S. The molecule has 15 heavy (non-hydrogen) atoms. The van der Waals surface area contributed by atoms with E-state index >= 15 is 0 Å². The molecule has 1 N–H and O–H groups in total. The molecule has 0 amide bonds. The van der Waals surface area contributed by atoms with Crippen LogP contribution in [0.4, 0.5) is 0 Å². The number of aryl methyl sites for hydroxylation is 2. The summed E-state index contributed by atoms with van der Waals surface area (Å²) in [6.07, 6.45) is 4.85. The Hall–Kier alpha value is -0.410. The fraction of sp³-hybridized carbons (Fsp3) is 0.750. The topological polar surface area (TPSA) is 24.9 Å². The van der Waals surface area contributed by atoms with Crippen molar-refractivity contribution in [2.24, 2.45) is 0 Å². The summed E-state index contributed by atoms with van der Waals surface area (Å²) in [6.45, 7) is 7.66. The standard InChI is InChI=1S/C12H22N2S/c1-4-6-10(2)13-8-5-7-12-14-11(3)9-15-12/h9-10,13H,4-8H2,1-3H3. The maximum atomic E-state index is 4.45. The molecule has 1 unspecified atom stereocenters. The molecule has 0 aliphatic rings. The Kier molecular flexibility index (Phi) is 5.88. The Labute approximate surface area is 97.1 Å². The molecule has 0 saturated carbocycles. The van der Waals surface area contributed by atoms with E-state index in [0.29, 0.717) is 6.04 Å². The second-order valence-corrected chi connectivity index (χ2v) is 5.07. The summed E-state index contributed by atoms with van der Waals surface area (Å²) >= 11 is 1.78. The molecule has 1 aromatic rings. The van der Waals surface area contributed by atoms with Crippen LogP contribution < -0.4 is 5.32 Å². The fourth-order valence-electron chi connectivity index (χ4n) is 1.64. The van der Waals surface area contributed by atoms with E-state index in [-0.39, 0.29) is 0 Å². The molecule has 2 nitrogen and oxygen atoms in total. The average Bonchev–Trinajstić information content (AvgIpc) is 2.60. The Bertz CT molecular complexity index is 270. The van der Waals surface area contributed by atoms with E-state index < -0.39 is 0 Å². The number of thiazole rings is 1. The monoisotopic (exact) mass is 226 g/mol. The van der Waals surface area contributed by atoms with Crippen LogP contribution in [0.5, 0.6) is 0 Å². The van der Waals surface area contributed by atoms with Gasteiger partial charge in [-0.15, -0.1) is 11.3 Å². The van der Waals surface area contributed by atoms with Crippen molar-refractivity contribution >= 4 is 11.3 Å². The van der Waals surface area contributed by atoms with Gasteiger partial charge < -0.3 is 5.32 Å². The van der Waals surface area contributed by atoms with E-state index in [1.807, 2.05) is 0 Å². The van der Waals surface area contributed by atoms with Crippen molar-refractivity contribution in [1.82, 2.24) is 10.3 Å². The van der Waals surface area contributed by atoms with Crippen LogP contribution in [0.15, 0.2) is 5.38 Å². The third kappa shape index (κ3) is 5.28. The van der Waals surface area contributed by atoms with E-state index in [1.165, 1.54) is 24.3 Å². The molecule has 0 fully saturated rings. The van der Waals surface area contributed by atoms with Gasteiger partial charge in [-0.3, -0.25) is 0 Å². The summed E-state index contributed by atoms with van der Waals surface area (Å²) in [5, 5.41) is 6.94. The minimum absolute atomic E-state index is 0.660. The highest BCUT2D eigenvalue weighted by molar-refractivity contribution is 7.09. The van der Waals surface area contributed by atoms with Gasteiger partial charge in [0.2, 0.25) is 0 Å². The second kappa shape index (κ2) is 6.96. The quantitative estimate of drug-likeness (QED) is 0.722. The highest BCUT2D eigenvalue weighted by Gasteiger charge is 2.00. The number of hydrogen-bond acceptors (Lipinski definition) is 3. The molecule has 0 radical (unpaired) electrons. The van der Waals surface area contributed by atoms with Gasteiger partial charge in [0.1, 0.15) is 0 Å². The third-order valence-corrected chi connectivity index (χ3v) is 3.47. The molecule has 3 heteroatoms. The van der Waals surface area contributed by atoms with Crippen LogP contribution in [0.2, 0.25) is 0 Å². The molecular weight excluding hydrogens is 204 g/mol. The lowest BCUT2D eigenvalue weighted by Gasteiger charge is -2.11. The summed E-state index contributed by atoms with van der Waals surface area (Å²) in [5.41, 5.74) is 1.15. The summed E-state index contributed by atoms with van der Waals surface area (Å²) in [6, 6.07) is 0.660. The van der Waals surface area contributed by atoms with Crippen LogP contribution in [0.25, 0.3) is 0 Å². The van der Waals surface area contributed by atoms with Crippen molar-refractivity contribution in [3.8, 4) is 0 Å². The summed E-state index contributed by atoms with van der Waals surface area (Å²) in [5.74, 6) is 0. The molecule has 1 heterocycles. The number of nitrogens with zero attached hydrogens (tertiary/aromatic N) is 1. The van der Waals surface area contributed by atoms with Gasteiger partial charge in [0.25, 0.3) is 0 Å². The van der Waals surface area contributed by atoms with Crippen molar-refractivity contribution in [2.75, 3.05) is 6.54 Å². The largest absolute Gasteiger partial charge is 0.314 e. The number of rotatable bonds is 7. The zero-order valence-electron chi connectivity index (χ0n) is 10.0. The van der Waals surface area contributed by atoms with Crippen LogP contribution in [0.3, 0.4) is 0 Å². The molecule has 0 spiro atoms. The highest BCUT2D eigenvalue weighted by atomic mass is 32.1. The maximum Gasteiger partial charge on any atom is 0.0928 e. The molecule has 1 aromatic heterocycles. The predicted octanol–water partition coefficient (Wildman–Crippen LogP) is 3.16. The zero-order valence-corrected chi connectivity index (χ0v) is 10.9. The lowest BCUT2D eigenvalue weighted by molar-refractivity contribution is 0.501. The Morgan fingerprint density at radius 3 is 2.93 bits per heavy atom. The van der Waals surface area contributed by atoms with Crippen LogP contribution in [0, 0.1) is 6.92 Å². The zero-order chi connectivity index (χ0) is 11.1. The van der Waals surface area contributed by atoms with Gasteiger partial charge in [-0.25, -0.2) is 4.98 Å². The SMILES string of the molecule is CCCC(C)NCCCc1nc(C)cs1. The molecule has 0 aromatic carbocycles. The molecule has 1 atom stereocenters. The Morgan fingerprint density at radius 2 is 2.33 bits per heavy atom. The smallest absolute Gasteiger partial charge is 0.0928 e. The van der Waals surface area contributed by atoms with E-state index in [1.54, 1.807) is 11.3 Å². The normalized spacial score (nSPS) is 13.0. The Balaban J connectivity index is 2.06. The first kappa shape index (κ1) is 12.7. The van der Waals surface area contributed by atoms with Crippen molar-refractivity contribution in [1.29, 1.82) is 0 Å². The van der Waals surface area contributed by atoms with Crippen molar-refractivity contribution in [3.63, 3.8) is 0 Å². The van der Waals surface area contributed by atoms with Gasteiger partial charge in [0, 0.05) is 23.5 Å². The third-order valence-electron chi connectivity index (χ3n) is 2.45. The summed E-state index contributed by atoms with van der Waals surface area (Å²) in [4.78, 5) is 4.45. The minimum Gasteiger partial charge on any atom is -0.314 e. The first-order valence-corrected chi connectivity index (χ1v) is 6.74. The van der Waals surface area contributed by atoms with Crippen LogP contribution >= 0.6 is 11.3 Å². The van der Waals surface area contributed by atoms with Crippen molar-refractivity contribution in [2.45, 2.75) is 52.5 Å². The van der Waals surface area contributed by atoms with E-state index in [0.717, 1.165) is 18.7 Å². The van der Waals surface area contributed by atoms with Crippen molar-refractivity contribution in [3.05, 3.63) is 16.1 Å². The first-order chi connectivity index (χ1) is 7.22. The number of aromatic nitrogens is 1. The molecule has 1 rings (SSSR count). The lowest BCUT2D eigenvalue weighted by atomic mass is 10.2. The molecule has 0 aliphatic carbocycles. The molecule has 0 saturated heterocycles. The van der Waals surface area contributed by atoms with Gasteiger partial charge >= 0.3 is 0 Å². The molecule has 0 aliphatic heterocycles. The average molecular weight is 226 g/mol. The first-order valence-electron chi connectivity index (χ1n) is 5.86. The van der Waals surface area contributed by atoms with E-state index in [9.17, 15) is 0 Å². The molecule has 86 valence electrons. The maximum absolute atomic E-state index is 4.45. The van der Waals surface area contributed by atoms with E-state index in [2.05, 4.69) is 36.5 Å². The fourth-order valence-corrected chi connectivity index (χ4v) is 2.46. The summed E-state index contributed by atoms with van der Waals surface area (Å²) < 4.78 is 0. The lowest BCUT2D eigenvalue weighted by Crippen LogP contribution is -2.26. The second-order valence-electron chi connectivity index (χ2n) is 4.13. The molecule has 0 bridgehead atoms. The van der Waals surface area contributed by atoms with Crippen LogP contribution in [0.1, 0.15) is 43.8 Å². The number of nitrogens with one attached hydrogen (secondary N) is 1. The van der Waals surface area contributed by atoms with Gasteiger partial charge in [-0.2, -0.15) is 0 Å². The van der Waals surface area contributed by atoms with Crippen LogP contribution in [-0.4, -0.2) is 17.6 Å². The van der Waals surface area contributed by atoms with Gasteiger partial charge in [-0.1, -0.05) is 13.3 Å². The highest BCUT2D eigenvalue weighted by Crippen LogP contribution is 2.10. The van der Waals surface area contributed by atoms with Crippen molar-refractivity contribution < 1.29 is 0 Å². The van der Waals surface area contributed by atoms with Gasteiger partial charge in [0.05, 0.1) is 5.01 Å². The minimum atomic E-state index is 0.660.